The zero-order valence-corrected chi connectivity index (χ0v) is 13.4. The van der Waals surface area contributed by atoms with Crippen LogP contribution in [0.4, 0.5) is 0 Å². The van der Waals surface area contributed by atoms with Crippen LogP contribution in [0.2, 0.25) is 0 Å². The summed E-state index contributed by atoms with van der Waals surface area (Å²) in [5.41, 5.74) is 8.14. The van der Waals surface area contributed by atoms with Crippen molar-refractivity contribution in [2.24, 2.45) is 5.73 Å². The molecule has 1 aromatic carbocycles. The van der Waals surface area contributed by atoms with Crippen LogP contribution in [0.25, 0.3) is 5.69 Å². The number of nitrogens with zero attached hydrogens (tertiary/aromatic N) is 3. The number of benzene rings is 1. The third-order valence-electron chi connectivity index (χ3n) is 4.06. The zero-order valence-electron chi connectivity index (χ0n) is 12.6. The molecule has 1 atom stereocenters. The van der Waals surface area contributed by atoms with Gasteiger partial charge in [0.2, 0.25) is 0 Å². The summed E-state index contributed by atoms with van der Waals surface area (Å²) in [6.07, 6.45) is 3.84. The van der Waals surface area contributed by atoms with E-state index in [9.17, 15) is 4.79 Å². The Morgan fingerprint density at radius 1 is 1.36 bits per heavy atom. The van der Waals surface area contributed by atoms with Crippen molar-refractivity contribution in [2.45, 2.75) is 25.8 Å². The van der Waals surface area contributed by atoms with E-state index in [0.717, 1.165) is 30.8 Å². The standard InChI is InChI=1S/C16H20N4O.ClH/c1-12-15(16(21)19-9-5-8-14(19)10-17)11-20(18-12)13-6-3-2-4-7-13;/h2-4,6-7,11,14H,5,8-10,17H2,1H3;1H. The Morgan fingerprint density at radius 2 is 2.09 bits per heavy atom. The van der Waals surface area contributed by atoms with Crippen molar-refractivity contribution in [1.82, 2.24) is 14.7 Å². The number of likely N-dealkylation sites (tertiary alicyclic amines) is 1. The lowest BCUT2D eigenvalue weighted by atomic mass is 10.2. The monoisotopic (exact) mass is 320 g/mol. The molecule has 1 fully saturated rings. The number of hydrogen-bond donors (Lipinski definition) is 1. The fourth-order valence-electron chi connectivity index (χ4n) is 2.89. The van der Waals surface area contributed by atoms with Crippen molar-refractivity contribution in [1.29, 1.82) is 0 Å². The summed E-state index contributed by atoms with van der Waals surface area (Å²) in [5.74, 6) is 0.0441. The van der Waals surface area contributed by atoms with Crippen molar-refractivity contribution in [3.63, 3.8) is 0 Å². The van der Waals surface area contributed by atoms with Crippen LogP contribution in [0.15, 0.2) is 36.5 Å². The van der Waals surface area contributed by atoms with Crippen LogP contribution in [-0.4, -0.2) is 39.7 Å². The van der Waals surface area contributed by atoms with Gasteiger partial charge in [0, 0.05) is 25.3 Å². The summed E-state index contributed by atoms with van der Waals surface area (Å²) in [4.78, 5) is 14.6. The molecule has 5 nitrogen and oxygen atoms in total. The Morgan fingerprint density at radius 3 is 2.77 bits per heavy atom. The lowest BCUT2D eigenvalue weighted by molar-refractivity contribution is 0.0740. The number of amides is 1. The van der Waals surface area contributed by atoms with E-state index in [-0.39, 0.29) is 24.4 Å². The van der Waals surface area contributed by atoms with Gasteiger partial charge in [-0.1, -0.05) is 18.2 Å². The quantitative estimate of drug-likeness (QED) is 0.942. The van der Waals surface area contributed by atoms with Crippen molar-refractivity contribution >= 4 is 18.3 Å². The number of para-hydroxylation sites is 1. The van der Waals surface area contributed by atoms with Gasteiger partial charge in [-0.05, 0) is 31.9 Å². The number of aryl methyl sites for hydroxylation is 1. The van der Waals surface area contributed by atoms with E-state index in [1.165, 1.54) is 0 Å². The Labute approximate surface area is 136 Å². The second-order valence-electron chi connectivity index (χ2n) is 5.44. The summed E-state index contributed by atoms with van der Waals surface area (Å²) in [5, 5.41) is 4.46. The summed E-state index contributed by atoms with van der Waals surface area (Å²) in [6.45, 7) is 3.19. The molecule has 0 spiro atoms. The Balaban J connectivity index is 0.00000176. The van der Waals surface area contributed by atoms with Crippen molar-refractivity contribution in [3.8, 4) is 5.69 Å². The molecule has 1 aromatic heterocycles. The van der Waals surface area contributed by atoms with Gasteiger partial charge < -0.3 is 10.6 Å². The Kier molecular flexibility index (Phi) is 5.21. The highest BCUT2D eigenvalue weighted by Gasteiger charge is 2.30. The van der Waals surface area contributed by atoms with E-state index in [0.29, 0.717) is 12.1 Å². The van der Waals surface area contributed by atoms with Gasteiger partial charge in [-0.25, -0.2) is 4.68 Å². The van der Waals surface area contributed by atoms with Gasteiger partial charge in [-0.15, -0.1) is 12.4 Å². The summed E-state index contributed by atoms with van der Waals surface area (Å²) < 4.78 is 1.76. The van der Waals surface area contributed by atoms with Gasteiger partial charge in [-0.3, -0.25) is 4.79 Å². The summed E-state index contributed by atoms with van der Waals surface area (Å²) >= 11 is 0. The SMILES string of the molecule is Cc1nn(-c2ccccc2)cc1C(=O)N1CCCC1CN.Cl. The number of carbonyl (C=O) groups is 1. The largest absolute Gasteiger partial charge is 0.334 e. The maximum Gasteiger partial charge on any atom is 0.257 e. The van der Waals surface area contributed by atoms with Crippen molar-refractivity contribution in [3.05, 3.63) is 47.8 Å². The molecule has 3 rings (SSSR count). The first-order valence-corrected chi connectivity index (χ1v) is 7.33. The van der Waals surface area contributed by atoms with E-state index in [4.69, 9.17) is 5.73 Å². The molecule has 6 heteroatoms. The predicted molar refractivity (Wildman–Crippen MR) is 88.7 cm³/mol. The minimum Gasteiger partial charge on any atom is -0.334 e. The maximum atomic E-state index is 12.7. The molecule has 0 radical (unpaired) electrons. The third-order valence-corrected chi connectivity index (χ3v) is 4.06. The second kappa shape index (κ2) is 6.94. The summed E-state index contributed by atoms with van der Waals surface area (Å²) in [7, 11) is 0. The van der Waals surface area contributed by atoms with E-state index >= 15 is 0 Å². The number of hydrogen-bond acceptors (Lipinski definition) is 3. The number of carbonyl (C=O) groups excluding carboxylic acids is 1. The van der Waals surface area contributed by atoms with Gasteiger partial charge in [-0.2, -0.15) is 5.10 Å². The number of rotatable bonds is 3. The van der Waals surface area contributed by atoms with Crippen LogP contribution in [-0.2, 0) is 0 Å². The smallest absolute Gasteiger partial charge is 0.257 e. The first-order chi connectivity index (χ1) is 10.2. The minimum atomic E-state index is 0. The average molecular weight is 321 g/mol. The molecule has 0 aliphatic carbocycles. The molecular weight excluding hydrogens is 300 g/mol. The summed E-state index contributed by atoms with van der Waals surface area (Å²) in [6, 6.07) is 9.98. The number of nitrogens with two attached hydrogens (primary N) is 1. The van der Waals surface area contributed by atoms with Crippen LogP contribution >= 0.6 is 12.4 Å². The zero-order chi connectivity index (χ0) is 14.8. The lowest BCUT2D eigenvalue weighted by Crippen LogP contribution is -2.40. The highest BCUT2D eigenvalue weighted by Crippen LogP contribution is 2.21. The average Bonchev–Trinajstić information content (AvgIpc) is 3.13. The van der Waals surface area contributed by atoms with Crippen LogP contribution in [0.3, 0.4) is 0 Å². The van der Waals surface area contributed by atoms with E-state index < -0.39 is 0 Å². The highest BCUT2D eigenvalue weighted by atomic mass is 35.5. The van der Waals surface area contributed by atoms with Gasteiger partial charge >= 0.3 is 0 Å². The lowest BCUT2D eigenvalue weighted by Gasteiger charge is -2.23. The second-order valence-corrected chi connectivity index (χ2v) is 5.44. The van der Waals surface area contributed by atoms with Gasteiger partial charge in [0.05, 0.1) is 16.9 Å². The van der Waals surface area contributed by atoms with Crippen molar-refractivity contribution < 1.29 is 4.79 Å². The molecule has 1 amide bonds. The van der Waals surface area contributed by atoms with E-state index in [1.54, 1.807) is 4.68 Å². The number of aromatic nitrogens is 2. The van der Waals surface area contributed by atoms with Gasteiger partial charge in [0.1, 0.15) is 0 Å². The normalized spacial score (nSPS) is 17.4. The molecule has 2 N–H and O–H groups in total. The Hall–Kier alpha value is -1.85. The molecule has 118 valence electrons. The maximum absolute atomic E-state index is 12.7. The van der Waals surface area contributed by atoms with Crippen molar-refractivity contribution in [2.75, 3.05) is 13.1 Å². The van der Waals surface area contributed by atoms with Crippen LogP contribution in [0.5, 0.6) is 0 Å². The number of halogens is 1. The molecular formula is C16H21ClN4O. The molecule has 0 bridgehead atoms. The van der Waals surface area contributed by atoms with E-state index in [1.807, 2.05) is 48.4 Å². The fraction of sp³-hybridized carbons (Fsp3) is 0.375. The predicted octanol–water partition coefficient (Wildman–Crippen LogP) is 2.17. The molecule has 2 heterocycles. The first kappa shape index (κ1) is 16.5. The molecule has 1 aliphatic heterocycles. The molecule has 2 aromatic rings. The molecule has 1 aliphatic rings. The van der Waals surface area contributed by atoms with Gasteiger partial charge in [0.25, 0.3) is 5.91 Å². The van der Waals surface area contributed by atoms with Crippen LogP contribution in [0.1, 0.15) is 28.9 Å². The van der Waals surface area contributed by atoms with Gasteiger partial charge in [0.15, 0.2) is 0 Å². The first-order valence-electron chi connectivity index (χ1n) is 7.33. The molecule has 22 heavy (non-hydrogen) atoms. The topological polar surface area (TPSA) is 64.2 Å². The molecule has 1 unspecified atom stereocenters. The minimum absolute atomic E-state index is 0. The van der Waals surface area contributed by atoms with Crippen LogP contribution in [0, 0.1) is 6.92 Å². The molecule has 0 saturated carbocycles. The highest BCUT2D eigenvalue weighted by molar-refractivity contribution is 5.95. The molecule has 1 saturated heterocycles. The third kappa shape index (κ3) is 3.00. The van der Waals surface area contributed by atoms with E-state index in [2.05, 4.69) is 5.10 Å². The fourth-order valence-corrected chi connectivity index (χ4v) is 2.89. The Bertz CT molecular complexity index is 641. The van der Waals surface area contributed by atoms with Crippen LogP contribution < -0.4 is 5.73 Å².